The second kappa shape index (κ2) is 12.4. The molecule has 39 heavy (non-hydrogen) atoms. The van der Waals surface area contributed by atoms with Crippen LogP contribution in [0.15, 0.2) is 60.2 Å². The summed E-state index contributed by atoms with van der Waals surface area (Å²) in [4.78, 5) is 16.9. The first-order chi connectivity index (χ1) is 19.0. The summed E-state index contributed by atoms with van der Waals surface area (Å²) in [6.45, 7) is 2.98. The number of rotatable bonds is 8. The van der Waals surface area contributed by atoms with E-state index in [2.05, 4.69) is 23.5 Å². The summed E-state index contributed by atoms with van der Waals surface area (Å²) in [7, 11) is 2.01. The quantitative estimate of drug-likeness (QED) is 0.306. The van der Waals surface area contributed by atoms with Crippen LogP contribution < -0.4 is 10.1 Å². The summed E-state index contributed by atoms with van der Waals surface area (Å²) >= 11 is 8.28. The van der Waals surface area contributed by atoms with Crippen LogP contribution in [0.2, 0.25) is 5.02 Å². The van der Waals surface area contributed by atoms with Gasteiger partial charge in [-0.3, -0.25) is 4.79 Å². The number of nitriles is 1. The molecule has 0 spiro atoms. The lowest BCUT2D eigenvalue weighted by Crippen LogP contribution is -2.44. The predicted molar refractivity (Wildman–Crippen MR) is 160 cm³/mol. The van der Waals surface area contributed by atoms with Gasteiger partial charge in [0.15, 0.2) is 0 Å². The van der Waals surface area contributed by atoms with Gasteiger partial charge in [0.1, 0.15) is 10.6 Å². The number of carbonyl (C=O) groups is 1. The third-order valence-electron chi connectivity index (χ3n) is 7.90. The third kappa shape index (κ3) is 5.91. The molecule has 0 aliphatic heterocycles. The fraction of sp³-hybridized carbons (Fsp3) is 0.375. The molecular formula is C32H34ClN3O2S. The topological polar surface area (TPSA) is 65.4 Å². The number of thiophene rings is 1. The van der Waals surface area contributed by atoms with E-state index in [9.17, 15) is 10.1 Å². The van der Waals surface area contributed by atoms with Gasteiger partial charge in [-0.05, 0) is 87.9 Å². The van der Waals surface area contributed by atoms with E-state index in [-0.39, 0.29) is 11.9 Å². The Balaban J connectivity index is 1.52. The Morgan fingerprint density at radius 3 is 2.62 bits per heavy atom. The van der Waals surface area contributed by atoms with Gasteiger partial charge in [-0.25, -0.2) is 0 Å². The average Bonchev–Trinajstić information content (AvgIpc) is 3.33. The number of halogens is 1. The Bertz CT molecular complexity index is 1460. The first kappa shape index (κ1) is 27.5. The number of hydrogen-bond acceptors (Lipinski definition) is 5. The first-order valence-electron chi connectivity index (χ1n) is 13.7. The Kier molecular flexibility index (Phi) is 8.72. The number of hydrogen-bond donors (Lipinski definition) is 1. The van der Waals surface area contributed by atoms with Gasteiger partial charge in [-0.1, -0.05) is 41.9 Å². The molecule has 1 saturated carbocycles. The van der Waals surface area contributed by atoms with Crippen molar-refractivity contribution in [2.24, 2.45) is 0 Å². The number of fused-ring (bicyclic) bond motifs is 1. The molecular weight excluding hydrogens is 526 g/mol. The number of carbonyl (C=O) groups excluding carboxylic acids is 1. The number of benzene rings is 2. The first-order valence-corrected chi connectivity index (χ1v) is 14.9. The van der Waals surface area contributed by atoms with Crippen molar-refractivity contribution in [2.45, 2.75) is 64.1 Å². The molecule has 1 aromatic heterocycles. The summed E-state index contributed by atoms with van der Waals surface area (Å²) in [5.41, 5.74) is 4.09. The van der Waals surface area contributed by atoms with Crippen molar-refractivity contribution in [2.75, 3.05) is 13.7 Å². The van der Waals surface area contributed by atoms with Crippen molar-refractivity contribution >= 4 is 44.5 Å². The molecule has 3 aromatic rings. The van der Waals surface area contributed by atoms with Gasteiger partial charge >= 0.3 is 0 Å². The van der Waals surface area contributed by atoms with E-state index >= 15 is 0 Å². The van der Waals surface area contributed by atoms with Crippen LogP contribution in [0.1, 0.15) is 66.2 Å². The molecule has 2 aliphatic rings. The van der Waals surface area contributed by atoms with Crippen LogP contribution in [-0.4, -0.2) is 36.5 Å². The average molecular weight is 560 g/mol. The molecule has 0 saturated heterocycles. The molecule has 2 aliphatic carbocycles. The molecule has 0 unspecified atom stereocenters. The molecule has 7 heteroatoms. The normalized spacial score (nSPS) is 19.2. The predicted octanol–water partition coefficient (Wildman–Crippen LogP) is 7.75. The van der Waals surface area contributed by atoms with E-state index < -0.39 is 0 Å². The fourth-order valence-electron chi connectivity index (χ4n) is 5.68. The van der Waals surface area contributed by atoms with E-state index in [1.165, 1.54) is 16.9 Å². The minimum atomic E-state index is -0.0135. The van der Waals surface area contributed by atoms with Crippen LogP contribution in [-0.2, 0) is 6.54 Å². The SMILES string of the molecule is CCOc1ccc(C2=CC=C(C#N)CC2)cc1CN(C(=O)c1sc2ccccc2c1Cl)[C@H]1CC[C@H](NC)CC1. The number of nitrogens with one attached hydrogen (secondary N) is 1. The zero-order valence-electron chi connectivity index (χ0n) is 22.5. The van der Waals surface area contributed by atoms with Gasteiger partial charge in [0.25, 0.3) is 5.91 Å². The second-order valence-electron chi connectivity index (χ2n) is 10.2. The van der Waals surface area contributed by atoms with Crippen molar-refractivity contribution in [1.29, 1.82) is 5.26 Å². The molecule has 1 N–H and O–H groups in total. The number of ether oxygens (including phenoxy) is 1. The van der Waals surface area contributed by atoms with Gasteiger partial charge in [-0.15, -0.1) is 11.3 Å². The molecule has 5 nitrogen and oxygen atoms in total. The van der Waals surface area contributed by atoms with E-state index in [1.807, 2.05) is 61.4 Å². The second-order valence-corrected chi connectivity index (χ2v) is 11.6. The number of nitrogens with zero attached hydrogens (tertiary/aromatic N) is 2. The molecule has 1 amide bonds. The molecule has 2 aromatic carbocycles. The highest BCUT2D eigenvalue weighted by Crippen LogP contribution is 2.38. The van der Waals surface area contributed by atoms with Crippen LogP contribution in [0.25, 0.3) is 15.7 Å². The van der Waals surface area contributed by atoms with E-state index in [4.69, 9.17) is 16.3 Å². The number of allylic oxidation sites excluding steroid dienone is 4. The van der Waals surface area contributed by atoms with Crippen LogP contribution in [0.4, 0.5) is 0 Å². The lowest BCUT2D eigenvalue weighted by molar-refractivity contribution is 0.0604. The van der Waals surface area contributed by atoms with Gasteiger partial charge in [-0.2, -0.15) is 5.26 Å². The lowest BCUT2D eigenvalue weighted by atomic mass is 9.89. The summed E-state index contributed by atoms with van der Waals surface area (Å²) in [6, 6.07) is 17.1. The van der Waals surface area contributed by atoms with Crippen LogP contribution in [0.3, 0.4) is 0 Å². The lowest BCUT2D eigenvalue weighted by Gasteiger charge is -2.37. The van der Waals surface area contributed by atoms with Crippen molar-refractivity contribution in [1.82, 2.24) is 10.2 Å². The van der Waals surface area contributed by atoms with E-state index in [0.717, 1.165) is 71.1 Å². The molecule has 0 atom stereocenters. The summed E-state index contributed by atoms with van der Waals surface area (Å²) in [5.74, 6) is 0.788. The van der Waals surface area contributed by atoms with Crippen LogP contribution in [0, 0.1) is 11.3 Å². The largest absolute Gasteiger partial charge is 0.494 e. The summed E-state index contributed by atoms with van der Waals surface area (Å²) < 4.78 is 7.07. The van der Waals surface area contributed by atoms with Crippen molar-refractivity contribution in [3.63, 3.8) is 0 Å². The summed E-state index contributed by atoms with van der Waals surface area (Å²) in [6.07, 6.45) is 9.46. The maximum absolute atomic E-state index is 14.3. The number of amides is 1. The highest BCUT2D eigenvalue weighted by molar-refractivity contribution is 7.21. The van der Waals surface area contributed by atoms with Crippen LogP contribution in [0.5, 0.6) is 5.75 Å². The Morgan fingerprint density at radius 2 is 1.95 bits per heavy atom. The van der Waals surface area contributed by atoms with Crippen LogP contribution >= 0.6 is 22.9 Å². The van der Waals surface area contributed by atoms with E-state index in [1.54, 1.807) is 0 Å². The minimum Gasteiger partial charge on any atom is -0.494 e. The molecule has 0 radical (unpaired) electrons. The monoisotopic (exact) mass is 559 g/mol. The zero-order valence-corrected chi connectivity index (χ0v) is 24.1. The fourth-order valence-corrected chi connectivity index (χ4v) is 7.15. The van der Waals surface area contributed by atoms with Gasteiger partial charge < -0.3 is 15.0 Å². The van der Waals surface area contributed by atoms with Gasteiger partial charge in [0, 0.05) is 39.9 Å². The molecule has 0 bridgehead atoms. The zero-order chi connectivity index (χ0) is 27.4. The highest BCUT2D eigenvalue weighted by atomic mass is 35.5. The van der Waals surface area contributed by atoms with Crippen molar-refractivity contribution < 1.29 is 9.53 Å². The third-order valence-corrected chi connectivity index (χ3v) is 9.56. The Labute approximate surface area is 239 Å². The van der Waals surface area contributed by atoms with Gasteiger partial charge in [0.05, 0.1) is 17.7 Å². The molecule has 202 valence electrons. The van der Waals surface area contributed by atoms with E-state index in [0.29, 0.717) is 29.1 Å². The summed E-state index contributed by atoms with van der Waals surface area (Å²) in [5, 5.41) is 14.1. The Hall–Kier alpha value is -3.11. The van der Waals surface area contributed by atoms with Gasteiger partial charge in [0.2, 0.25) is 0 Å². The molecule has 1 heterocycles. The maximum atomic E-state index is 14.3. The molecule has 1 fully saturated rings. The highest BCUT2D eigenvalue weighted by Gasteiger charge is 2.32. The maximum Gasteiger partial charge on any atom is 0.266 e. The standard InChI is InChI=1S/C32H34ClN3O2S/c1-3-38-28-17-12-23(22-10-8-21(19-34)9-11-22)18-24(28)20-36(26-15-13-25(35-2)14-16-26)32(37)31-30(33)27-6-4-5-7-29(27)39-31/h4-8,10,12,17-18,25-26,35H,3,9,11,13-16,20H2,1-2H3/t25-,26-. The van der Waals surface area contributed by atoms with Crippen molar-refractivity contribution in [3.05, 3.63) is 81.2 Å². The Morgan fingerprint density at radius 1 is 1.15 bits per heavy atom. The molecule has 5 rings (SSSR count). The van der Waals surface area contributed by atoms with Crippen molar-refractivity contribution in [3.8, 4) is 11.8 Å². The minimum absolute atomic E-state index is 0.0135. The smallest absolute Gasteiger partial charge is 0.266 e.